The van der Waals surface area contributed by atoms with E-state index in [1.165, 1.54) is 19.3 Å². The molecule has 0 aromatic heterocycles. The van der Waals surface area contributed by atoms with Gasteiger partial charge in [-0.3, -0.25) is 4.79 Å². The maximum Gasteiger partial charge on any atom is 0.174 e. The molecule has 0 bridgehead atoms. The van der Waals surface area contributed by atoms with Crippen LogP contribution in [-0.2, 0) is 0 Å². The standard InChI is InChI=1S/C15H17NO2/c17-14-10-12(11-16-8-4-1-5-9-16)18-15-7-3-2-6-13(14)15/h2-3,6-7,11H,1,4-5,8-10H2. The van der Waals surface area contributed by atoms with Crippen LogP contribution in [0.4, 0.5) is 0 Å². The maximum absolute atomic E-state index is 12.0. The highest BCUT2D eigenvalue weighted by molar-refractivity contribution is 6.01. The number of hydrogen-bond acceptors (Lipinski definition) is 3. The number of fused-ring (bicyclic) bond motifs is 1. The van der Waals surface area contributed by atoms with Crippen molar-refractivity contribution in [1.82, 2.24) is 4.90 Å². The highest BCUT2D eigenvalue weighted by Gasteiger charge is 2.22. The first kappa shape index (κ1) is 11.3. The quantitative estimate of drug-likeness (QED) is 0.759. The molecule has 2 aliphatic heterocycles. The average Bonchev–Trinajstić information content (AvgIpc) is 2.40. The van der Waals surface area contributed by atoms with E-state index in [0.29, 0.717) is 17.7 Å². The SMILES string of the molecule is O=C1CC(=CN2CCCCC2)Oc2ccccc21. The summed E-state index contributed by atoms with van der Waals surface area (Å²) in [5.41, 5.74) is 0.702. The summed E-state index contributed by atoms with van der Waals surface area (Å²) in [4.78, 5) is 14.3. The Morgan fingerprint density at radius 3 is 2.72 bits per heavy atom. The van der Waals surface area contributed by atoms with Gasteiger partial charge in [-0.2, -0.15) is 0 Å². The number of allylic oxidation sites excluding steroid dienone is 1. The van der Waals surface area contributed by atoms with Gasteiger partial charge in [-0.1, -0.05) is 12.1 Å². The minimum Gasteiger partial charge on any atom is -0.459 e. The van der Waals surface area contributed by atoms with Crippen molar-refractivity contribution >= 4 is 5.78 Å². The smallest absolute Gasteiger partial charge is 0.174 e. The molecule has 0 amide bonds. The van der Waals surface area contributed by atoms with Crippen LogP contribution in [0.5, 0.6) is 5.75 Å². The molecule has 2 heterocycles. The summed E-state index contributed by atoms with van der Waals surface area (Å²) >= 11 is 0. The van der Waals surface area contributed by atoms with Gasteiger partial charge in [0.2, 0.25) is 0 Å². The van der Waals surface area contributed by atoms with Crippen LogP contribution in [0.2, 0.25) is 0 Å². The fourth-order valence-corrected chi connectivity index (χ4v) is 2.54. The van der Waals surface area contributed by atoms with Gasteiger partial charge in [0.05, 0.1) is 12.0 Å². The fraction of sp³-hybridized carbons (Fsp3) is 0.400. The van der Waals surface area contributed by atoms with Gasteiger partial charge in [0, 0.05) is 19.3 Å². The zero-order valence-corrected chi connectivity index (χ0v) is 10.4. The summed E-state index contributed by atoms with van der Waals surface area (Å²) < 4.78 is 5.80. The Morgan fingerprint density at radius 2 is 1.89 bits per heavy atom. The third-order valence-corrected chi connectivity index (χ3v) is 3.48. The van der Waals surface area contributed by atoms with Crippen molar-refractivity contribution in [3.63, 3.8) is 0 Å². The summed E-state index contributed by atoms with van der Waals surface area (Å²) in [5.74, 6) is 1.62. The molecule has 3 nitrogen and oxygen atoms in total. The fourth-order valence-electron chi connectivity index (χ4n) is 2.54. The Bertz CT molecular complexity index is 487. The minimum absolute atomic E-state index is 0.153. The molecule has 1 saturated heterocycles. The first-order valence-electron chi connectivity index (χ1n) is 6.58. The van der Waals surface area contributed by atoms with Gasteiger partial charge in [-0.05, 0) is 31.4 Å². The van der Waals surface area contributed by atoms with E-state index in [9.17, 15) is 4.79 Å². The van der Waals surface area contributed by atoms with Crippen LogP contribution in [0.15, 0.2) is 36.2 Å². The van der Waals surface area contributed by atoms with E-state index < -0.39 is 0 Å². The van der Waals surface area contributed by atoms with Crippen LogP contribution in [-0.4, -0.2) is 23.8 Å². The van der Waals surface area contributed by atoms with Crippen molar-refractivity contribution in [2.75, 3.05) is 13.1 Å². The lowest BCUT2D eigenvalue weighted by atomic mass is 10.0. The lowest BCUT2D eigenvalue weighted by molar-refractivity contribution is 0.0962. The first-order chi connectivity index (χ1) is 8.83. The summed E-state index contributed by atoms with van der Waals surface area (Å²) in [7, 11) is 0. The molecule has 1 aromatic rings. The Morgan fingerprint density at radius 1 is 1.11 bits per heavy atom. The van der Waals surface area contributed by atoms with E-state index in [4.69, 9.17) is 4.74 Å². The first-order valence-corrected chi connectivity index (χ1v) is 6.58. The van der Waals surface area contributed by atoms with Gasteiger partial charge < -0.3 is 9.64 Å². The van der Waals surface area contributed by atoms with E-state index in [2.05, 4.69) is 4.90 Å². The number of carbonyl (C=O) groups is 1. The molecule has 0 saturated carbocycles. The van der Waals surface area contributed by atoms with Gasteiger partial charge in [0.1, 0.15) is 11.5 Å². The largest absolute Gasteiger partial charge is 0.459 e. The lowest BCUT2D eigenvalue weighted by Crippen LogP contribution is -2.26. The molecule has 0 radical (unpaired) electrons. The average molecular weight is 243 g/mol. The number of benzene rings is 1. The van der Waals surface area contributed by atoms with E-state index in [-0.39, 0.29) is 5.78 Å². The topological polar surface area (TPSA) is 29.5 Å². The van der Waals surface area contributed by atoms with Gasteiger partial charge in [-0.25, -0.2) is 0 Å². The monoisotopic (exact) mass is 243 g/mol. The van der Waals surface area contributed by atoms with Crippen LogP contribution in [0, 0.1) is 0 Å². The van der Waals surface area contributed by atoms with Crippen LogP contribution in [0.25, 0.3) is 0 Å². The number of ketones is 1. The molecule has 3 rings (SSSR count). The Hall–Kier alpha value is -1.77. The molecule has 94 valence electrons. The van der Waals surface area contributed by atoms with Crippen LogP contribution in [0.1, 0.15) is 36.0 Å². The van der Waals surface area contributed by atoms with Crippen LogP contribution >= 0.6 is 0 Å². The van der Waals surface area contributed by atoms with E-state index >= 15 is 0 Å². The van der Waals surface area contributed by atoms with Crippen molar-refractivity contribution in [3.05, 3.63) is 41.8 Å². The molecule has 3 heteroatoms. The maximum atomic E-state index is 12.0. The van der Waals surface area contributed by atoms with Crippen LogP contribution < -0.4 is 4.74 Å². The molecule has 0 aliphatic carbocycles. The second-order valence-electron chi connectivity index (χ2n) is 4.89. The molecule has 1 aromatic carbocycles. The van der Waals surface area contributed by atoms with Gasteiger partial charge in [0.25, 0.3) is 0 Å². The van der Waals surface area contributed by atoms with Gasteiger partial charge in [0.15, 0.2) is 5.78 Å². The van der Waals surface area contributed by atoms with Crippen molar-refractivity contribution in [2.24, 2.45) is 0 Å². The number of ether oxygens (including phenoxy) is 1. The highest BCUT2D eigenvalue weighted by atomic mass is 16.5. The summed E-state index contributed by atoms with van der Waals surface area (Å²) in [5, 5.41) is 0. The number of carbonyl (C=O) groups excluding carboxylic acids is 1. The molecule has 1 fully saturated rings. The zero-order chi connectivity index (χ0) is 12.4. The summed E-state index contributed by atoms with van der Waals surface area (Å²) in [6.07, 6.45) is 6.17. The van der Waals surface area contributed by atoms with Gasteiger partial charge in [-0.15, -0.1) is 0 Å². The van der Waals surface area contributed by atoms with E-state index in [0.717, 1.165) is 18.8 Å². The zero-order valence-electron chi connectivity index (χ0n) is 10.4. The number of piperidine rings is 1. The molecule has 0 N–H and O–H groups in total. The second kappa shape index (κ2) is 4.84. The summed E-state index contributed by atoms with van der Waals surface area (Å²) in [6.45, 7) is 2.14. The van der Waals surface area contributed by atoms with Crippen molar-refractivity contribution < 1.29 is 9.53 Å². The highest BCUT2D eigenvalue weighted by Crippen LogP contribution is 2.29. The van der Waals surface area contributed by atoms with E-state index in [1.54, 1.807) is 0 Å². The number of hydrogen-bond donors (Lipinski definition) is 0. The third kappa shape index (κ3) is 2.26. The predicted octanol–water partition coefficient (Wildman–Crippen LogP) is 2.98. The third-order valence-electron chi connectivity index (χ3n) is 3.48. The van der Waals surface area contributed by atoms with E-state index in [1.807, 2.05) is 30.5 Å². The number of Topliss-reactive ketones (excluding diaryl/α,β-unsaturated/α-hetero) is 1. The molecular weight excluding hydrogens is 226 g/mol. The molecule has 0 spiro atoms. The molecule has 0 atom stereocenters. The van der Waals surface area contributed by atoms with Crippen molar-refractivity contribution in [2.45, 2.75) is 25.7 Å². The van der Waals surface area contributed by atoms with Crippen molar-refractivity contribution in [1.29, 1.82) is 0 Å². The second-order valence-corrected chi connectivity index (χ2v) is 4.89. The Labute approximate surface area is 107 Å². The normalized spacial score (nSPS) is 21.7. The molecule has 0 unspecified atom stereocenters. The lowest BCUT2D eigenvalue weighted by Gasteiger charge is -2.27. The van der Waals surface area contributed by atoms with Gasteiger partial charge >= 0.3 is 0 Å². The number of likely N-dealkylation sites (tertiary alicyclic amines) is 1. The predicted molar refractivity (Wildman–Crippen MR) is 69.5 cm³/mol. The minimum atomic E-state index is 0.153. The number of para-hydroxylation sites is 1. The molecular formula is C15H17NO2. The van der Waals surface area contributed by atoms with Crippen molar-refractivity contribution in [3.8, 4) is 5.75 Å². The Balaban J connectivity index is 1.80. The number of nitrogens with zero attached hydrogens (tertiary/aromatic N) is 1. The number of rotatable bonds is 1. The Kier molecular flexibility index (Phi) is 3.05. The molecule has 18 heavy (non-hydrogen) atoms. The van der Waals surface area contributed by atoms with Crippen LogP contribution in [0.3, 0.4) is 0 Å². The molecule has 2 aliphatic rings. The summed E-state index contributed by atoms with van der Waals surface area (Å²) in [6, 6.07) is 7.46.